The van der Waals surface area contributed by atoms with Crippen molar-refractivity contribution in [3.63, 3.8) is 0 Å². The summed E-state index contributed by atoms with van der Waals surface area (Å²) in [7, 11) is 0. The zero-order valence-electron chi connectivity index (χ0n) is 14.0. The molecule has 0 aliphatic carbocycles. The fourth-order valence-corrected chi connectivity index (χ4v) is 3.33. The Labute approximate surface area is 145 Å². The lowest BCUT2D eigenvalue weighted by atomic mass is 9.84. The highest BCUT2D eigenvalue weighted by molar-refractivity contribution is 5.23. The minimum absolute atomic E-state index is 0.525. The number of nitrogens with zero attached hydrogens (tertiary/aromatic N) is 5. The van der Waals surface area contributed by atoms with Crippen LogP contribution in [0.3, 0.4) is 0 Å². The van der Waals surface area contributed by atoms with E-state index >= 15 is 0 Å². The van der Waals surface area contributed by atoms with Crippen LogP contribution in [0.15, 0.2) is 53.1 Å². The molecule has 3 heterocycles. The summed E-state index contributed by atoms with van der Waals surface area (Å²) in [6, 6.07) is 13.7. The monoisotopic (exact) mass is 339 g/mol. The minimum Gasteiger partial charge on any atom is -0.467 e. The molecule has 1 aromatic carbocycles. The summed E-state index contributed by atoms with van der Waals surface area (Å²) in [6.07, 6.45) is 3.06. The molecule has 1 aliphatic heterocycles. The predicted octanol–water partition coefficient (Wildman–Crippen LogP) is 1.80. The van der Waals surface area contributed by atoms with Gasteiger partial charge in [-0.15, -0.1) is 5.10 Å². The molecule has 0 radical (unpaired) electrons. The molecule has 0 bridgehead atoms. The molecule has 0 atom stereocenters. The minimum atomic E-state index is -0.738. The van der Waals surface area contributed by atoms with Gasteiger partial charge in [0.2, 0.25) is 0 Å². The van der Waals surface area contributed by atoms with Gasteiger partial charge in [-0.25, -0.2) is 4.68 Å². The van der Waals surface area contributed by atoms with Crippen molar-refractivity contribution >= 4 is 0 Å². The van der Waals surface area contributed by atoms with E-state index in [9.17, 15) is 5.11 Å². The maximum Gasteiger partial charge on any atom is 0.165 e. The molecule has 4 rings (SSSR count). The Hall–Kier alpha value is -2.51. The molecular weight excluding hydrogens is 318 g/mol. The van der Waals surface area contributed by atoms with E-state index in [0.29, 0.717) is 25.9 Å². The Morgan fingerprint density at radius 3 is 2.56 bits per heavy atom. The van der Waals surface area contributed by atoms with Crippen molar-refractivity contribution in [1.29, 1.82) is 0 Å². The van der Waals surface area contributed by atoms with E-state index in [-0.39, 0.29) is 0 Å². The molecule has 1 N–H and O–H groups in total. The normalized spacial score (nSPS) is 17.6. The van der Waals surface area contributed by atoms with Crippen molar-refractivity contribution in [3.8, 4) is 0 Å². The van der Waals surface area contributed by atoms with Crippen molar-refractivity contribution in [3.05, 3.63) is 65.9 Å². The zero-order valence-corrected chi connectivity index (χ0v) is 14.0. The van der Waals surface area contributed by atoms with E-state index < -0.39 is 5.60 Å². The predicted molar refractivity (Wildman–Crippen MR) is 90.5 cm³/mol. The highest BCUT2D eigenvalue weighted by atomic mass is 16.3. The van der Waals surface area contributed by atoms with Crippen LogP contribution in [0.5, 0.6) is 0 Å². The first-order chi connectivity index (χ1) is 12.2. The summed E-state index contributed by atoms with van der Waals surface area (Å²) in [5.41, 5.74) is 0.259. The molecule has 0 unspecified atom stereocenters. The van der Waals surface area contributed by atoms with Crippen molar-refractivity contribution in [2.75, 3.05) is 13.1 Å². The topological polar surface area (TPSA) is 80.2 Å². The summed E-state index contributed by atoms with van der Waals surface area (Å²) in [5.74, 6) is 1.63. The summed E-state index contributed by atoms with van der Waals surface area (Å²) >= 11 is 0. The number of rotatable bonds is 5. The largest absolute Gasteiger partial charge is 0.467 e. The average Bonchev–Trinajstić information content (AvgIpc) is 3.31. The van der Waals surface area contributed by atoms with Crippen LogP contribution in [0.1, 0.15) is 30.0 Å². The summed E-state index contributed by atoms with van der Waals surface area (Å²) < 4.78 is 7.13. The molecule has 1 saturated heterocycles. The third-order valence-electron chi connectivity index (χ3n) is 4.85. The van der Waals surface area contributed by atoms with E-state index in [2.05, 4.69) is 20.4 Å². The number of tetrazole rings is 1. The van der Waals surface area contributed by atoms with Crippen molar-refractivity contribution in [1.82, 2.24) is 25.1 Å². The van der Waals surface area contributed by atoms with Crippen LogP contribution < -0.4 is 0 Å². The second-order valence-electron chi connectivity index (χ2n) is 6.51. The van der Waals surface area contributed by atoms with E-state index in [4.69, 9.17) is 4.42 Å². The molecule has 2 aromatic heterocycles. The first-order valence-corrected chi connectivity index (χ1v) is 8.51. The van der Waals surface area contributed by atoms with E-state index in [1.807, 2.05) is 42.5 Å². The molecule has 0 amide bonds. The SMILES string of the molecule is OC1(c2ccccc2)CCN(Cc2nnnn2Cc2ccco2)CC1. The van der Waals surface area contributed by atoms with Gasteiger partial charge in [-0.1, -0.05) is 30.3 Å². The standard InChI is InChI=1S/C18H21N5O2/c24-18(15-5-2-1-3-6-15)8-10-22(11-9-18)14-17-19-20-21-23(17)13-16-7-4-12-25-16/h1-7,12,24H,8-11,13-14H2. The Kier molecular flexibility index (Phi) is 4.33. The second-order valence-corrected chi connectivity index (χ2v) is 6.51. The Bertz CT molecular complexity index is 792. The molecule has 1 fully saturated rings. The Morgan fingerprint density at radius 2 is 1.84 bits per heavy atom. The van der Waals surface area contributed by atoms with Crippen LogP contribution in [0.4, 0.5) is 0 Å². The number of hydrogen-bond acceptors (Lipinski definition) is 6. The van der Waals surface area contributed by atoms with Crippen LogP contribution in [-0.2, 0) is 18.7 Å². The maximum absolute atomic E-state index is 10.9. The molecule has 7 nitrogen and oxygen atoms in total. The highest BCUT2D eigenvalue weighted by Gasteiger charge is 2.34. The molecule has 0 saturated carbocycles. The second kappa shape index (κ2) is 6.78. The quantitative estimate of drug-likeness (QED) is 0.763. The van der Waals surface area contributed by atoms with Gasteiger partial charge < -0.3 is 9.52 Å². The van der Waals surface area contributed by atoms with Crippen LogP contribution in [0, 0.1) is 0 Å². The molecule has 7 heteroatoms. The average molecular weight is 339 g/mol. The van der Waals surface area contributed by atoms with Gasteiger partial charge in [0.25, 0.3) is 0 Å². The number of aromatic nitrogens is 4. The van der Waals surface area contributed by atoms with Gasteiger partial charge in [-0.05, 0) is 41.0 Å². The van der Waals surface area contributed by atoms with Crippen molar-refractivity contribution in [2.45, 2.75) is 31.5 Å². The lowest BCUT2D eigenvalue weighted by Crippen LogP contribution is -2.42. The molecule has 25 heavy (non-hydrogen) atoms. The summed E-state index contributed by atoms with van der Waals surface area (Å²) in [6.45, 7) is 2.80. The Morgan fingerprint density at radius 1 is 1.04 bits per heavy atom. The molecule has 1 aliphatic rings. The van der Waals surface area contributed by atoms with Gasteiger partial charge in [0.1, 0.15) is 12.3 Å². The molecule has 0 spiro atoms. The number of aliphatic hydroxyl groups is 1. The third kappa shape index (κ3) is 3.47. The van der Waals surface area contributed by atoms with Crippen molar-refractivity contribution < 1.29 is 9.52 Å². The number of furan rings is 1. The first kappa shape index (κ1) is 16.0. The number of piperidine rings is 1. The van der Waals surface area contributed by atoms with Gasteiger partial charge in [0.05, 0.1) is 18.4 Å². The zero-order chi connectivity index (χ0) is 17.1. The lowest BCUT2D eigenvalue weighted by molar-refractivity contribution is -0.0284. The van der Waals surface area contributed by atoms with E-state index in [1.165, 1.54) is 0 Å². The summed E-state index contributed by atoms with van der Waals surface area (Å²) in [4.78, 5) is 2.28. The number of likely N-dealkylation sites (tertiary alicyclic amines) is 1. The van der Waals surface area contributed by atoms with Crippen molar-refractivity contribution in [2.24, 2.45) is 0 Å². The van der Waals surface area contributed by atoms with Crippen LogP contribution in [0.25, 0.3) is 0 Å². The Balaban J connectivity index is 1.39. The van der Waals surface area contributed by atoms with Gasteiger partial charge >= 0.3 is 0 Å². The first-order valence-electron chi connectivity index (χ1n) is 8.51. The van der Waals surface area contributed by atoms with Gasteiger partial charge in [-0.3, -0.25) is 4.90 Å². The number of hydrogen-bond donors (Lipinski definition) is 1. The van der Waals surface area contributed by atoms with Gasteiger partial charge in [-0.2, -0.15) is 0 Å². The fourth-order valence-electron chi connectivity index (χ4n) is 3.33. The van der Waals surface area contributed by atoms with Gasteiger partial charge in [0, 0.05) is 13.1 Å². The van der Waals surface area contributed by atoms with Gasteiger partial charge in [0.15, 0.2) is 5.82 Å². The maximum atomic E-state index is 10.9. The van der Waals surface area contributed by atoms with E-state index in [0.717, 1.165) is 30.2 Å². The molecule has 3 aromatic rings. The lowest BCUT2D eigenvalue weighted by Gasteiger charge is -2.38. The fraction of sp³-hybridized carbons (Fsp3) is 0.389. The number of benzene rings is 1. The summed E-state index contributed by atoms with van der Waals surface area (Å²) in [5, 5.41) is 22.9. The highest BCUT2D eigenvalue weighted by Crippen LogP contribution is 2.32. The smallest absolute Gasteiger partial charge is 0.165 e. The van der Waals surface area contributed by atoms with Crippen LogP contribution in [-0.4, -0.2) is 43.3 Å². The third-order valence-corrected chi connectivity index (χ3v) is 4.85. The molecule has 130 valence electrons. The molecular formula is C18H21N5O2. The van der Waals surface area contributed by atoms with E-state index in [1.54, 1.807) is 10.9 Å². The van der Waals surface area contributed by atoms with Crippen LogP contribution >= 0.6 is 0 Å². The van der Waals surface area contributed by atoms with Crippen LogP contribution in [0.2, 0.25) is 0 Å².